The molecular weight excluding hydrogens is 434 g/mol. The number of hydrazine groups is 1. The SMILES string of the molecule is CSCC[C@@H](NS(=O)(=O)c1ccccc1)C(=O)NNC(=O)C12CC3CC(CC(C3)C1)C2. The average molecular weight is 466 g/mol. The number of nitrogens with one attached hydrogen (secondary N) is 3. The molecule has 9 heteroatoms. The molecule has 4 bridgehead atoms. The maximum atomic E-state index is 13.1. The molecule has 0 radical (unpaired) electrons. The smallest absolute Gasteiger partial charge is 0.256 e. The van der Waals surface area contributed by atoms with Gasteiger partial charge in [-0.25, -0.2) is 8.42 Å². The highest BCUT2D eigenvalue weighted by atomic mass is 32.2. The summed E-state index contributed by atoms with van der Waals surface area (Å²) < 4.78 is 27.9. The number of amides is 2. The molecule has 31 heavy (non-hydrogen) atoms. The molecule has 0 saturated heterocycles. The highest BCUT2D eigenvalue weighted by Gasteiger charge is 2.54. The molecule has 7 nitrogen and oxygen atoms in total. The first-order chi connectivity index (χ1) is 14.8. The normalized spacial score (nSPS) is 30.0. The van der Waals surface area contributed by atoms with Gasteiger partial charge in [0.15, 0.2) is 0 Å². The van der Waals surface area contributed by atoms with E-state index < -0.39 is 22.0 Å². The molecule has 3 N–H and O–H groups in total. The van der Waals surface area contributed by atoms with Crippen molar-refractivity contribution in [3.05, 3.63) is 30.3 Å². The second kappa shape index (κ2) is 9.11. The van der Waals surface area contributed by atoms with Gasteiger partial charge in [0.1, 0.15) is 6.04 Å². The number of carbonyl (C=O) groups excluding carboxylic acids is 2. The Labute approximate surface area is 188 Å². The van der Waals surface area contributed by atoms with Crippen molar-refractivity contribution in [1.82, 2.24) is 15.6 Å². The van der Waals surface area contributed by atoms with Crippen LogP contribution >= 0.6 is 11.8 Å². The minimum Gasteiger partial charge on any atom is -0.273 e. The van der Waals surface area contributed by atoms with E-state index in [1.54, 1.807) is 18.2 Å². The summed E-state index contributed by atoms with van der Waals surface area (Å²) in [4.78, 5) is 26.0. The Morgan fingerprint density at radius 3 is 2.16 bits per heavy atom. The predicted octanol–water partition coefficient (Wildman–Crippen LogP) is 2.45. The summed E-state index contributed by atoms with van der Waals surface area (Å²) in [6, 6.07) is 7.02. The minimum absolute atomic E-state index is 0.106. The zero-order chi connectivity index (χ0) is 22.1. The van der Waals surface area contributed by atoms with Crippen LogP contribution in [0.4, 0.5) is 0 Å². The lowest BCUT2D eigenvalue weighted by Gasteiger charge is -2.55. The van der Waals surface area contributed by atoms with Crippen LogP contribution in [-0.2, 0) is 19.6 Å². The van der Waals surface area contributed by atoms with E-state index in [0.29, 0.717) is 29.9 Å². The Balaban J connectivity index is 1.39. The van der Waals surface area contributed by atoms with Gasteiger partial charge in [-0.15, -0.1) is 0 Å². The van der Waals surface area contributed by atoms with Crippen molar-refractivity contribution in [1.29, 1.82) is 0 Å². The fourth-order valence-electron chi connectivity index (χ4n) is 6.06. The number of sulfonamides is 1. The lowest BCUT2D eigenvalue weighted by Crippen LogP contribution is -2.59. The molecule has 170 valence electrons. The molecule has 4 aliphatic rings. The fraction of sp³-hybridized carbons (Fsp3) is 0.636. The summed E-state index contributed by atoms with van der Waals surface area (Å²) in [7, 11) is -3.84. The molecule has 0 aromatic heterocycles. The molecule has 4 fully saturated rings. The number of benzene rings is 1. The molecule has 5 rings (SSSR count). The van der Waals surface area contributed by atoms with Gasteiger partial charge in [0.2, 0.25) is 15.9 Å². The molecule has 0 unspecified atom stereocenters. The van der Waals surface area contributed by atoms with E-state index in [4.69, 9.17) is 0 Å². The minimum atomic E-state index is -3.84. The van der Waals surface area contributed by atoms with Crippen LogP contribution in [0, 0.1) is 23.2 Å². The van der Waals surface area contributed by atoms with Crippen molar-refractivity contribution >= 4 is 33.6 Å². The number of rotatable bonds is 8. The van der Waals surface area contributed by atoms with Crippen LogP contribution in [0.1, 0.15) is 44.9 Å². The van der Waals surface area contributed by atoms with Crippen molar-refractivity contribution in [3.8, 4) is 0 Å². The molecule has 0 spiro atoms. The topological polar surface area (TPSA) is 104 Å². The monoisotopic (exact) mass is 465 g/mol. The van der Waals surface area contributed by atoms with Crippen molar-refractivity contribution in [2.45, 2.75) is 55.9 Å². The van der Waals surface area contributed by atoms with Crippen LogP contribution in [0.5, 0.6) is 0 Å². The van der Waals surface area contributed by atoms with Gasteiger partial charge in [-0.1, -0.05) is 18.2 Å². The van der Waals surface area contributed by atoms with E-state index >= 15 is 0 Å². The molecule has 1 aromatic carbocycles. The summed E-state index contributed by atoms with van der Waals surface area (Å²) in [5.74, 6) is 1.83. The van der Waals surface area contributed by atoms with Gasteiger partial charge in [0.05, 0.1) is 10.3 Å². The van der Waals surface area contributed by atoms with Crippen LogP contribution in [0.15, 0.2) is 35.2 Å². The largest absolute Gasteiger partial charge is 0.273 e. The lowest BCUT2D eigenvalue weighted by atomic mass is 9.49. The predicted molar refractivity (Wildman–Crippen MR) is 120 cm³/mol. The Morgan fingerprint density at radius 2 is 1.61 bits per heavy atom. The maximum Gasteiger partial charge on any atom is 0.256 e. The van der Waals surface area contributed by atoms with E-state index in [9.17, 15) is 18.0 Å². The first kappa shape index (κ1) is 22.6. The molecule has 0 heterocycles. The van der Waals surface area contributed by atoms with E-state index in [1.165, 1.54) is 43.2 Å². The Bertz CT molecular complexity index is 885. The second-order valence-corrected chi connectivity index (χ2v) is 12.1. The zero-order valence-electron chi connectivity index (χ0n) is 17.8. The summed E-state index contributed by atoms with van der Waals surface area (Å²) >= 11 is 1.53. The second-order valence-electron chi connectivity index (χ2n) is 9.41. The average Bonchev–Trinajstić information content (AvgIpc) is 2.74. The maximum absolute atomic E-state index is 13.1. The quantitative estimate of drug-likeness (QED) is 0.512. The summed E-state index contributed by atoms with van der Waals surface area (Å²) in [6.07, 6.45) is 8.62. The van der Waals surface area contributed by atoms with Gasteiger partial charge in [0, 0.05) is 0 Å². The van der Waals surface area contributed by atoms with Crippen LogP contribution < -0.4 is 15.6 Å². The zero-order valence-corrected chi connectivity index (χ0v) is 19.4. The van der Waals surface area contributed by atoms with Gasteiger partial charge in [-0.05, 0) is 86.8 Å². The van der Waals surface area contributed by atoms with Crippen molar-refractivity contribution in [2.75, 3.05) is 12.0 Å². The number of thioether (sulfide) groups is 1. The van der Waals surface area contributed by atoms with Crippen molar-refractivity contribution in [3.63, 3.8) is 0 Å². The van der Waals surface area contributed by atoms with Gasteiger partial charge < -0.3 is 0 Å². The molecule has 0 aliphatic heterocycles. The first-order valence-electron chi connectivity index (χ1n) is 11.0. The highest BCUT2D eigenvalue weighted by Crippen LogP contribution is 2.60. The highest BCUT2D eigenvalue weighted by molar-refractivity contribution is 7.98. The molecular formula is C22H31N3O4S2. The molecule has 1 aromatic rings. The van der Waals surface area contributed by atoms with Gasteiger partial charge in [0.25, 0.3) is 5.91 Å². The van der Waals surface area contributed by atoms with Crippen LogP contribution in [0.2, 0.25) is 0 Å². The van der Waals surface area contributed by atoms with Crippen LogP contribution in [0.25, 0.3) is 0 Å². The number of hydrogen-bond donors (Lipinski definition) is 3. The Kier molecular flexibility index (Phi) is 6.65. The molecule has 2 amide bonds. The van der Waals surface area contributed by atoms with E-state index in [-0.39, 0.29) is 16.2 Å². The molecule has 4 saturated carbocycles. The van der Waals surface area contributed by atoms with Gasteiger partial charge >= 0.3 is 0 Å². The fourth-order valence-corrected chi connectivity index (χ4v) is 7.78. The number of carbonyl (C=O) groups is 2. The van der Waals surface area contributed by atoms with Gasteiger partial charge in [-0.3, -0.25) is 20.4 Å². The van der Waals surface area contributed by atoms with E-state index in [1.807, 2.05) is 6.26 Å². The van der Waals surface area contributed by atoms with E-state index in [0.717, 1.165) is 19.3 Å². The Hall–Kier alpha value is -1.58. The summed E-state index contributed by atoms with van der Waals surface area (Å²) in [5, 5.41) is 0. The van der Waals surface area contributed by atoms with E-state index in [2.05, 4.69) is 15.6 Å². The van der Waals surface area contributed by atoms with Crippen molar-refractivity contribution in [2.24, 2.45) is 23.2 Å². The van der Waals surface area contributed by atoms with Crippen LogP contribution in [-0.4, -0.2) is 38.3 Å². The molecule has 1 atom stereocenters. The van der Waals surface area contributed by atoms with Crippen LogP contribution in [0.3, 0.4) is 0 Å². The third-order valence-corrected chi connectivity index (χ3v) is 9.23. The molecule has 4 aliphatic carbocycles. The standard InChI is InChI=1S/C22H31N3O4S2/c1-30-8-7-19(25-31(28,29)18-5-3-2-4-6-18)20(26)23-24-21(27)22-12-15-9-16(13-22)11-17(10-15)14-22/h2-6,15-17,19,25H,7-14H2,1H3,(H,23,26)(H,24,27)/t15?,16?,17?,19-,22?/m1/s1. The van der Waals surface area contributed by atoms with Crippen molar-refractivity contribution < 1.29 is 18.0 Å². The Morgan fingerprint density at radius 1 is 1.03 bits per heavy atom. The summed E-state index contributed by atoms with van der Waals surface area (Å²) in [5.41, 5.74) is 4.78. The van der Waals surface area contributed by atoms with Gasteiger partial charge in [-0.2, -0.15) is 16.5 Å². The summed E-state index contributed by atoms with van der Waals surface area (Å²) in [6.45, 7) is 0. The first-order valence-corrected chi connectivity index (χ1v) is 13.9. The third-order valence-electron chi connectivity index (χ3n) is 7.10. The lowest BCUT2D eigenvalue weighted by molar-refractivity contribution is -0.149. The number of hydrogen-bond acceptors (Lipinski definition) is 5. The third kappa shape index (κ3) is 4.93.